The maximum atomic E-state index is 13.5. The third-order valence-electron chi connectivity index (χ3n) is 5.57. The molecule has 0 radical (unpaired) electrons. The van der Waals surface area contributed by atoms with E-state index in [2.05, 4.69) is 25.0 Å². The molecule has 1 saturated heterocycles. The van der Waals surface area contributed by atoms with Crippen LogP contribution in [0.3, 0.4) is 0 Å². The first-order valence-electron chi connectivity index (χ1n) is 10.2. The van der Waals surface area contributed by atoms with Gasteiger partial charge in [-0.25, -0.2) is 15.0 Å². The second-order valence-corrected chi connectivity index (χ2v) is 7.66. The molecule has 5 rings (SSSR count). The average molecular weight is 418 g/mol. The van der Waals surface area contributed by atoms with Gasteiger partial charge in [-0.1, -0.05) is 5.16 Å². The number of nitrogens with zero attached hydrogens (tertiary/aromatic N) is 6. The van der Waals surface area contributed by atoms with Gasteiger partial charge in [-0.3, -0.25) is 4.79 Å². The average Bonchev–Trinajstić information content (AvgIpc) is 3.34. The van der Waals surface area contributed by atoms with Gasteiger partial charge in [-0.15, -0.1) is 0 Å². The van der Waals surface area contributed by atoms with Crippen LogP contribution in [0.5, 0.6) is 0 Å². The van der Waals surface area contributed by atoms with Crippen molar-refractivity contribution in [3.8, 4) is 11.3 Å². The van der Waals surface area contributed by atoms with Gasteiger partial charge >= 0.3 is 0 Å². The maximum absolute atomic E-state index is 13.5. The van der Waals surface area contributed by atoms with E-state index < -0.39 is 0 Å². The van der Waals surface area contributed by atoms with Crippen molar-refractivity contribution in [1.29, 1.82) is 0 Å². The molecule has 4 aromatic rings. The number of carbonyl (C=O) groups is 1. The molecule has 0 aliphatic carbocycles. The van der Waals surface area contributed by atoms with Crippen molar-refractivity contribution in [2.24, 2.45) is 0 Å². The van der Waals surface area contributed by atoms with E-state index in [9.17, 15) is 4.79 Å². The summed E-state index contributed by atoms with van der Waals surface area (Å²) in [5.74, 6) is 2.15. The fourth-order valence-corrected chi connectivity index (χ4v) is 4.02. The van der Waals surface area contributed by atoms with Gasteiger partial charge in [0.15, 0.2) is 0 Å². The highest BCUT2D eigenvalue weighted by Gasteiger charge is 2.27. The number of hydrogen-bond acceptors (Lipinski definition) is 8. The lowest BCUT2D eigenvalue weighted by Gasteiger charge is -2.34. The Hall–Kier alpha value is -3.75. The fraction of sp³-hybridized carbons (Fsp3) is 0.318. The first kappa shape index (κ1) is 19.2. The number of carbonyl (C=O) groups excluding carboxylic acids is 1. The molecule has 1 aliphatic rings. The van der Waals surface area contributed by atoms with E-state index in [4.69, 9.17) is 8.94 Å². The molecule has 5 heterocycles. The summed E-state index contributed by atoms with van der Waals surface area (Å²) in [6.07, 6.45) is 3.45. The van der Waals surface area contributed by atoms with E-state index >= 15 is 0 Å². The minimum atomic E-state index is -0.0635. The quantitative estimate of drug-likeness (QED) is 0.500. The van der Waals surface area contributed by atoms with Gasteiger partial charge in [-0.2, -0.15) is 0 Å². The number of anilines is 1. The minimum Gasteiger partial charge on any atom is -0.466 e. The molecule has 0 atom stereocenters. The molecule has 0 N–H and O–H groups in total. The van der Waals surface area contributed by atoms with Gasteiger partial charge in [0.2, 0.25) is 5.95 Å². The number of furan rings is 1. The third kappa shape index (κ3) is 3.41. The molecule has 1 aliphatic heterocycles. The first-order valence-corrected chi connectivity index (χ1v) is 10.2. The second kappa shape index (κ2) is 7.50. The molecule has 9 heteroatoms. The number of fused-ring (bicyclic) bond motifs is 1. The number of amides is 1. The predicted octanol–water partition coefficient (Wildman–Crippen LogP) is 3.16. The normalized spacial score (nSPS) is 14.4. The van der Waals surface area contributed by atoms with Gasteiger partial charge < -0.3 is 18.7 Å². The van der Waals surface area contributed by atoms with Crippen LogP contribution in [0.1, 0.15) is 27.6 Å². The molecule has 9 nitrogen and oxygen atoms in total. The summed E-state index contributed by atoms with van der Waals surface area (Å²) in [4.78, 5) is 30.7. The maximum Gasteiger partial charge on any atom is 0.259 e. The number of aromatic nitrogens is 4. The van der Waals surface area contributed by atoms with Crippen LogP contribution in [-0.4, -0.2) is 57.1 Å². The van der Waals surface area contributed by atoms with Crippen LogP contribution >= 0.6 is 0 Å². The number of aryl methyl sites for hydroxylation is 3. The summed E-state index contributed by atoms with van der Waals surface area (Å²) < 4.78 is 11.1. The summed E-state index contributed by atoms with van der Waals surface area (Å²) in [5.41, 5.74) is 3.02. The molecule has 1 amide bonds. The zero-order valence-electron chi connectivity index (χ0n) is 17.6. The Morgan fingerprint density at radius 1 is 1.03 bits per heavy atom. The Morgan fingerprint density at radius 2 is 1.77 bits per heavy atom. The molecule has 0 spiro atoms. The Morgan fingerprint density at radius 3 is 2.45 bits per heavy atom. The highest BCUT2D eigenvalue weighted by molar-refractivity contribution is 6.07. The van der Waals surface area contributed by atoms with Gasteiger partial charge in [0, 0.05) is 44.1 Å². The summed E-state index contributed by atoms with van der Waals surface area (Å²) in [6.45, 7) is 8.07. The molecular weight excluding hydrogens is 396 g/mol. The van der Waals surface area contributed by atoms with E-state index in [0.29, 0.717) is 60.2 Å². The third-order valence-corrected chi connectivity index (χ3v) is 5.57. The summed E-state index contributed by atoms with van der Waals surface area (Å²) in [5, 5.41) is 4.69. The Bertz CT molecular complexity index is 1260. The van der Waals surface area contributed by atoms with Crippen LogP contribution in [0.4, 0.5) is 5.95 Å². The Kier molecular flexibility index (Phi) is 4.65. The number of hydrogen-bond donors (Lipinski definition) is 0. The van der Waals surface area contributed by atoms with Crippen molar-refractivity contribution in [2.75, 3.05) is 31.1 Å². The van der Waals surface area contributed by atoms with Gasteiger partial charge in [0.05, 0.1) is 22.3 Å². The summed E-state index contributed by atoms with van der Waals surface area (Å²) in [7, 11) is 0. The van der Waals surface area contributed by atoms with Crippen LogP contribution < -0.4 is 4.90 Å². The molecule has 0 aromatic carbocycles. The molecule has 0 bridgehead atoms. The molecular formula is C22H22N6O3. The largest absolute Gasteiger partial charge is 0.466 e. The smallest absolute Gasteiger partial charge is 0.259 e. The van der Waals surface area contributed by atoms with E-state index in [1.54, 1.807) is 18.5 Å². The topological polar surface area (TPSA) is 101 Å². The second-order valence-electron chi connectivity index (χ2n) is 7.66. The molecule has 4 aromatic heterocycles. The zero-order valence-corrected chi connectivity index (χ0v) is 17.6. The molecule has 158 valence electrons. The summed E-state index contributed by atoms with van der Waals surface area (Å²) >= 11 is 0. The lowest BCUT2D eigenvalue weighted by molar-refractivity contribution is 0.0748. The lowest BCUT2D eigenvalue weighted by Crippen LogP contribution is -2.49. The van der Waals surface area contributed by atoms with E-state index in [0.717, 1.165) is 17.1 Å². The van der Waals surface area contributed by atoms with Gasteiger partial charge in [-0.05, 0) is 39.0 Å². The van der Waals surface area contributed by atoms with E-state index in [-0.39, 0.29) is 5.91 Å². The van der Waals surface area contributed by atoms with Crippen molar-refractivity contribution >= 4 is 23.0 Å². The monoisotopic (exact) mass is 418 g/mol. The fourth-order valence-electron chi connectivity index (χ4n) is 4.02. The minimum absolute atomic E-state index is 0.0635. The Balaban J connectivity index is 1.47. The zero-order chi connectivity index (χ0) is 21.5. The van der Waals surface area contributed by atoms with Crippen molar-refractivity contribution in [3.63, 3.8) is 0 Å². The Labute approximate surface area is 178 Å². The number of piperazine rings is 1. The number of rotatable bonds is 3. The number of pyridine rings is 1. The first-order chi connectivity index (χ1) is 15.0. The van der Waals surface area contributed by atoms with Crippen LogP contribution in [0.2, 0.25) is 0 Å². The van der Waals surface area contributed by atoms with E-state index in [1.165, 1.54) is 0 Å². The SMILES string of the molecule is Cc1cc(-c2cc(C(=O)N3CCN(c4ncccn4)CC3)c3c(C)noc3n2)c(C)o1. The van der Waals surface area contributed by atoms with Crippen LogP contribution in [0.15, 0.2) is 39.5 Å². The van der Waals surface area contributed by atoms with Crippen LogP contribution in [-0.2, 0) is 0 Å². The van der Waals surface area contributed by atoms with Gasteiger partial charge in [0.1, 0.15) is 11.5 Å². The van der Waals surface area contributed by atoms with Crippen molar-refractivity contribution < 1.29 is 13.7 Å². The highest BCUT2D eigenvalue weighted by atomic mass is 16.5. The molecule has 31 heavy (non-hydrogen) atoms. The molecule has 0 unspecified atom stereocenters. The highest BCUT2D eigenvalue weighted by Crippen LogP contribution is 2.31. The lowest BCUT2D eigenvalue weighted by atomic mass is 10.0. The van der Waals surface area contributed by atoms with Crippen LogP contribution in [0.25, 0.3) is 22.4 Å². The van der Waals surface area contributed by atoms with Crippen molar-refractivity contribution in [3.05, 3.63) is 53.4 Å². The van der Waals surface area contributed by atoms with Crippen molar-refractivity contribution in [2.45, 2.75) is 20.8 Å². The standard InChI is InChI=1S/C22H22N6O3/c1-13-11-16(15(3)30-13)18-12-17(19-14(2)26-31-20(19)25-18)21(29)27-7-9-28(10-8-27)22-23-5-4-6-24-22/h4-6,11-12H,7-10H2,1-3H3. The van der Waals surface area contributed by atoms with Crippen molar-refractivity contribution in [1.82, 2.24) is 25.0 Å². The van der Waals surface area contributed by atoms with Crippen LogP contribution in [0, 0.1) is 20.8 Å². The van der Waals surface area contributed by atoms with Gasteiger partial charge in [0.25, 0.3) is 11.6 Å². The summed E-state index contributed by atoms with van der Waals surface area (Å²) in [6, 6.07) is 5.53. The predicted molar refractivity (Wildman–Crippen MR) is 114 cm³/mol. The van der Waals surface area contributed by atoms with E-state index in [1.807, 2.05) is 37.8 Å². The molecule has 1 fully saturated rings. The molecule has 0 saturated carbocycles.